The van der Waals surface area contributed by atoms with Crippen molar-refractivity contribution in [2.24, 2.45) is 0 Å². The number of amides is 1. The third kappa shape index (κ3) is 2.89. The summed E-state index contributed by atoms with van der Waals surface area (Å²) in [4.78, 5) is 30.0. The predicted octanol–water partition coefficient (Wildman–Crippen LogP) is 3.95. The lowest BCUT2D eigenvalue weighted by molar-refractivity contribution is 0.102. The monoisotopic (exact) mass is 349 g/mol. The summed E-state index contributed by atoms with van der Waals surface area (Å²) in [5.74, 6) is 0.522. The zero-order chi connectivity index (χ0) is 17.4. The molecule has 0 radical (unpaired) electrons. The topological polar surface area (TPSA) is 83.6 Å². The molecule has 0 atom stereocenters. The Morgan fingerprint density at radius 3 is 2.76 bits per heavy atom. The second-order valence-corrected chi connectivity index (χ2v) is 6.83. The van der Waals surface area contributed by atoms with Gasteiger partial charge in [0.25, 0.3) is 5.91 Å². The average Bonchev–Trinajstić information content (AvgIpc) is 3.17. The summed E-state index contributed by atoms with van der Waals surface area (Å²) in [6.07, 6.45) is 3.27. The van der Waals surface area contributed by atoms with E-state index in [9.17, 15) is 4.79 Å². The van der Waals surface area contributed by atoms with Crippen LogP contribution >= 0.6 is 11.3 Å². The summed E-state index contributed by atoms with van der Waals surface area (Å²) < 4.78 is 0. The summed E-state index contributed by atoms with van der Waals surface area (Å²) in [5.41, 5.74) is 3.56. The first-order valence-electron chi connectivity index (χ1n) is 7.76. The molecule has 0 aliphatic heterocycles. The fraction of sp³-hybridized carbons (Fsp3) is 0.111. The van der Waals surface area contributed by atoms with Crippen molar-refractivity contribution in [3.8, 4) is 10.7 Å². The van der Waals surface area contributed by atoms with Crippen molar-refractivity contribution in [3.05, 3.63) is 59.0 Å². The van der Waals surface area contributed by atoms with E-state index in [4.69, 9.17) is 0 Å². The van der Waals surface area contributed by atoms with Crippen LogP contribution in [0.2, 0.25) is 0 Å². The fourth-order valence-electron chi connectivity index (χ4n) is 2.71. The molecule has 0 bridgehead atoms. The number of carbonyl (C=O) groups is 1. The van der Waals surface area contributed by atoms with Crippen LogP contribution in [0.4, 0.5) is 5.69 Å². The number of hydrogen-bond acceptors (Lipinski definition) is 5. The first-order chi connectivity index (χ1) is 12.1. The largest absolute Gasteiger partial charge is 0.337 e. The summed E-state index contributed by atoms with van der Waals surface area (Å²) in [7, 11) is 0. The van der Waals surface area contributed by atoms with Crippen molar-refractivity contribution in [2.45, 2.75) is 13.8 Å². The van der Waals surface area contributed by atoms with E-state index in [-0.39, 0.29) is 5.91 Å². The summed E-state index contributed by atoms with van der Waals surface area (Å²) >= 11 is 1.59. The summed E-state index contributed by atoms with van der Waals surface area (Å²) in [6, 6.07) is 9.09. The summed E-state index contributed by atoms with van der Waals surface area (Å²) in [5, 5.41) is 3.84. The molecule has 4 rings (SSSR count). The van der Waals surface area contributed by atoms with Gasteiger partial charge in [-0.3, -0.25) is 9.78 Å². The Balaban J connectivity index is 1.75. The number of benzene rings is 1. The number of H-pyrrole nitrogens is 1. The van der Waals surface area contributed by atoms with E-state index < -0.39 is 0 Å². The highest BCUT2D eigenvalue weighted by molar-refractivity contribution is 7.15. The van der Waals surface area contributed by atoms with Crippen molar-refractivity contribution < 1.29 is 4.79 Å². The Labute approximate surface area is 148 Å². The standard InChI is InChI=1S/C18H15N5OS/c1-10-16(25-11(2)20-10)17-22-14-7-3-6-13(15(14)23-17)18(24)21-12-5-4-8-19-9-12/h3-9H,1-2H3,(H,21,24)(H,22,23). The quantitative estimate of drug-likeness (QED) is 0.586. The molecule has 0 saturated carbocycles. The highest BCUT2D eigenvalue weighted by atomic mass is 32.1. The van der Waals surface area contributed by atoms with Crippen molar-refractivity contribution in [1.82, 2.24) is 19.9 Å². The first kappa shape index (κ1) is 15.5. The van der Waals surface area contributed by atoms with Gasteiger partial charge in [-0.05, 0) is 38.1 Å². The van der Waals surface area contributed by atoms with E-state index >= 15 is 0 Å². The van der Waals surface area contributed by atoms with Crippen molar-refractivity contribution in [3.63, 3.8) is 0 Å². The predicted molar refractivity (Wildman–Crippen MR) is 98.9 cm³/mol. The van der Waals surface area contributed by atoms with Crippen LogP contribution in [0, 0.1) is 13.8 Å². The van der Waals surface area contributed by atoms with Gasteiger partial charge in [-0.1, -0.05) is 6.07 Å². The van der Waals surface area contributed by atoms with Gasteiger partial charge in [0.1, 0.15) is 5.52 Å². The molecule has 1 amide bonds. The molecule has 124 valence electrons. The van der Waals surface area contributed by atoms with E-state index in [0.29, 0.717) is 16.8 Å². The molecule has 0 fully saturated rings. The van der Waals surface area contributed by atoms with Gasteiger partial charge in [0.2, 0.25) is 0 Å². The third-order valence-corrected chi connectivity index (χ3v) is 4.87. The number of aryl methyl sites for hydroxylation is 2. The number of aromatic amines is 1. The lowest BCUT2D eigenvalue weighted by Gasteiger charge is -2.04. The van der Waals surface area contributed by atoms with Gasteiger partial charge in [-0.25, -0.2) is 9.97 Å². The van der Waals surface area contributed by atoms with E-state index in [1.807, 2.05) is 26.0 Å². The number of nitrogens with one attached hydrogen (secondary N) is 2. The minimum atomic E-state index is -0.214. The van der Waals surface area contributed by atoms with Gasteiger partial charge in [0.05, 0.1) is 38.5 Å². The van der Waals surface area contributed by atoms with Gasteiger partial charge in [-0.15, -0.1) is 11.3 Å². The van der Waals surface area contributed by atoms with Gasteiger partial charge in [0.15, 0.2) is 5.82 Å². The Kier molecular flexibility index (Phi) is 3.77. The number of anilines is 1. The average molecular weight is 349 g/mol. The van der Waals surface area contributed by atoms with E-state index in [1.165, 1.54) is 0 Å². The van der Waals surface area contributed by atoms with Gasteiger partial charge >= 0.3 is 0 Å². The molecule has 2 N–H and O–H groups in total. The second-order valence-electron chi connectivity index (χ2n) is 5.63. The summed E-state index contributed by atoms with van der Waals surface area (Å²) in [6.45, 7) is 3.93. The Morgan fingerprint density at radius 2 is 2.04 bits per heavy atom. The Bertz CT molecular complexity index is 1070. The number of nitrogens with zero attached hydrogens (tertiary/aromatic N) is 3. The van der Waals surface area contributed by atoms with Crippen LogP contribution in [0.15, 0.2) is 42.7 Å². The van der Waals surface area contributed by atoms with Crippen LogP contribution in [0.25, 0.3) is 21.7 Å². The highest BCUT2D eigenvalue weighted by Crippen LogP contribution is 2.30. The molecular formula is C18H15N5OS. The number of fused-ring (bicyclic) bond motifs is 1. The minimum absolute atomic E-state index is 0.214. The van der Waals surface area contributed by atoms with Crippen molar-refractivity contribution >= 4 is 34.0 Å². The minimum Gasteiger partial charge on any atom is -0.337 e. The normalized spacial score (nSPS) is 11.0. The highest BCUT2D eigenvalue weighted by Gasteiger charge is 2.17. The Hall–Kier alpha value is -3.06. The SMILES string of the molecule is Cc1nc(C)c(-c2nc3c(C(=O)Nc4cccnc4)cccc3[nH]2)s1. The number of pyridine rings is 1. The van der Waals surface area contributed by atoms with Crippen molar-refractivity contribution in [1.29, 1.82) is 0 Å². The maximum Gasteiger partial charge on any atom is 0.257 e. The second kappa shape index (κ2) is 6.10. The van der Waals surface area contributed by atoms with Gasteiger partial charge in [-0.2, -0.15) is 0 Å². The number of hydrogen-bond donors (Lipinski definition) is 2. The van der Waals surface area contributed by atoms with E-state index in [1.54, 1.807) is 41.9 Å². The van der Waals surface area contributed by atoms with Crippen LogP contribution < -0.4 is 5.32 Å². The number of thiazole rings is 1. The number of carbonyl (C=O) groups excluding carboxylic acids is 1. The Morgan fingerprint density at radius 1 is 1.16 bits per heavy atom. The lowest BCUT2D eigenvalue weighted by Crippen LogP contribution is -2.12. The molecule has 6 nitrogen and oxygen atoms in total. The number of para-hydroxylation sites is 1. The molecule has 4 aromatic rings. The van der Waals surface area contributed by atoms with Gasteiger partial charge in [0, 0.05) is 6.20 Å². The molecule has 0 aliphatic rings. The third-order valence-electron chi connectivity index (χ3n) is 3.80. The van der Waals surface area contributed by atoms with Crippen LogP contribution in [0.5, 0.6) is 0 Å². The molecular weight excluding hydrogens is 334 g/mol. The molecule has 1 aromatic carbocycles. The van der Waals surface area contributed by atoms with E-state index in [2.05, 4.69) is 25.3 Å². The van der Waals surface area contributed by atoms with Crippen LogP contribution in [-0.4, -0.2) is 25.8 Å². The molecule has 25 heavy (non-hydrogen) atoms. The van der Waals surface area contributed by atoms with Gasteiger partial charge < -0.3 is 10.3 Å². The smallest absolute Gasteiger partial charge is 0.257 e. The molecule has 3 heterocycles. The maximum absolute atomic E-state index is 12.6. The molecule has 7 heteroatoms. The molecule has 0 aliphatic carbocycles. The number of imidazole rings is 1. The molecule has 0 saturated heterocycles. The molecule has 3 aromatic heterocycles. The fourth-order valence-corrected chi connectivity index (χ4v) is 3.57. The van der Waals surface area contributed by atoms with Crippen LogP contribution in [0.3, 0.4) is 0 Å². The first-order valence-corrected chi connectivity index (χ1v) is 8.58. The number of aromatic nitrogens is 4. The zero-order valence-corrected chi connectivity index (χ0v) is 14.5. The maximum atomic E-state index is 12.6. The number of rotatable bonds is 3. The lowest BCUT2D eigenvalue weighted by atomic mass is 10.1. The molecule has 0 spiro atoms. The van der Waals surface area contributed by atoms with Crippen LogP contribution in [0.1, 0.15) is 21.1 Å². The van der Waals surface area contributed by atoms with Crippen LogP contribution in [-0.2, 0) is 0 Å². The molecule has 0 unspecified atom stereocenters. The van der Waals surface area contributed by atoms with E-state index in [0.717, 1.165) is 26.9 Å². The zero-order valence-electron chi connectivity index (χ0n) is 13.7. The van der Waals surface area contributed by atoms with Crippen molar-refractivity contribution in [2.75, 3.05) is 5.32 Å².